The first-order valence-electron chi connectivity index (χ1n) is 8.36. The molecule has 148 valence electrons. The van der Waals surface area contributed by atoms with E-state index in [-0.39, 0.29) is 17.0 Å². The number of rotatable bonds is 5. The Morgan fingerprint density at radius 2 is 2.03 bits per heavy atom. The van der Waals surface area contributed by atoms with E-state index in [1.165, 1.54) is 38.6 Å². The van der Waals surface area contributed by atoms with Crippen molar-refractivity contribution >= 4 is 32.5 Å². The molecule has 0 fully saturated rings. The molecule has 10 heteroatoms. The third-order valence-electron chi connectivity index (χ3n) is 4.11. The molecule has 1 amide bonds. The van der Waals surface area contributed by atoms with Crippen molar-refractivity contribution in [3.05, 3.63) is 58.5 Å². The summed E-state index contributed by atoms with van der Waals surface area (Å²) in [5, 5.41) is 4.42. The Morgan fingerprint density at radius 1 is 1.17 bits per heavy atom. The zero-order chi connectivity index (χ0) is 20.4. The van der Waals surface area contributed by atoms with Crippen molar-refractivity contribution in [2.75, 3.05) is 19.5 Å². The van der Waals surface area contributed by atoms with Crippen LogP contribution in [0.25, 0.3) is 16.3 Å². The van der Waals surface area contributed by atoms with Crippen molar-refractivity contribution in [1.29, 1.82) is 0 Å². The highest BCUT2D eigenvalue weighted by Crippen LogP contribution is 2.40. The van der Waals surface area contributed by atoms with E-state index in [9.17, 15) is 9.59 Å². The zero-order valence-electron chi connectivity index (χ0n) is 15.4. The maximum absolute atomic E-state index is 13.2. The highest BCUT2D eigenvalue weighted by atomic mass is 32.9. The third kappa shape index (κ3) is 3.55. The number of ether oxygens (including phenoxy) is 3. The second-order valence-electron chi connectivity index (χ2n) is 5.77. The van der Waals surface area contributed by atoms with Gasteiger partial charge in [-0.3, -0.25) is 19.7 Å². The minimum Gasteiger partial charge on any atom is -0.497 e. The van der Waals surface area contributed by atoms with Crippen LogP contribution in [0, 0.1) is 0 Å². The first-order valence-corrected chi connectivity index (χ1v) is 10.6. The van der Waals surface area contributed by atoms with Crippen LogP contribution in [-0.2, 0) is 0 Å². The molecule has 0 saturated carbocycles. The number of hydrogen-bond acceptors (Lipinski definition) is 8. The van der Waals surface area contributed by atoms with Gasteiger partial charge in [0.25, 0.3) is 5.56 Å². The van der Waals surface area contributed by atoms with Crippen LogP contribution in [0.1, 0.15) is 0 Å². The number of carbonyl (C=O) groups excluding carboxylic acids is 1. The molecule has 8 nitrogen and oxygen atoms in total. The number of methoxy groups -OCH3 is 2. The van der Waals surface area contributed by atoms with E-state index in [0.29, 0.717) is 27.8 Å². The Morgan fingerprint density at radius 3 is 2.76 bits per heavy atom. The third-order valence-corrected chi connectivity index (χ3v) is 6.18. The van der Waals surface area contributed by atoms with Gasteiger partial charge in [0, 0.05) is 17.6 Å². The monoisotopic (exact) mass is 429 g/mol. The van der Waals surface area contributed by atoms with E-state index in [4.69, 9.17) is 14.2 Å². The number of carbonyl (C=O) groups is 1. The lowest BCUT2D eigenvalue weighted by atomic mass is 10.2. The summed E-state index contributed by atoms with van der Waals surface area (Å²) in [6.45, 7) is 0. The maximum atomic E-state index is 13.2. The van der Waals surface area contributed by atoms with Gasteiger partial charge in [0.15, 0.2) is 5.75 Å². The number of aromatic nitrogens is 2. The van der Waals surface area contributed by atoms with Crippen LogP contribution >= 0.6 is 20.7 Å². The smallest absolute Gasteiger partial charge is 0.417 e. The molecule has 3 heterocycles. The van der Waals surface area contributed by atoms with Crippen molar-refractivity contribution in [3.63, 3.8) is 0 Å². The van der Waals surface area contributed by atoms with Gasteiger partial charge in [-0.1, -0.05) is 20.7 Å². The molecular formula is C19H15N3O5S2. The fourth-order valence-electron chi connectivity index (χ4n) is 2.82. The molecule has 2 aliphatic heterocycles. The molecule has 2 aliphatic rings. The highest BCUT2D eigenvalue weighted by molar-refractivity contribution is 7.70. The van der Waals surface area contributed by atoms with Crippen LogP contribution in [0.15, 0.2) is 52.9 Å². The van der Waals surface area contributed by atoms with Crippen molar-refractivity contribution in [1.82, 2.24) is 9.55 Å². The average molecular weight is 429 g/mol. The maximum Gasteiger partial charge on any atom is 0.417 e. The molecule has 0 unspecified atom stereocenters. The Hall–Kier alpha value is -3.37. The summed E-state index contributed by atoms with van der Waals surface area (Å²) in [4.78, 5) is 30.0. The number of amides is 1. The molecule has 1 aromatic carbocycles. The van der Waals surface area contributed by atoms with E-state index in [0.717, 1.165) is 0 Å². The SMILES string of the molecule is COc1ccc(-n2c3cssc-3c(NC(=O)Oc3cccnc3)c2=O)c(OC)c1. The number of nitrogens with zero attached hydrogens (tertiary/aromatic N) is 2. The summed E-state index contributed by atoms with van der Waals surface area (Å²) in [5.41, 5.74) is 0.983. The minimum atomic E-state index is -0.769. The van der Waals surface area contributed by atoms with Gasteiger partial charge < -0.3 is 14.2 Å². The van der Waals surface area contributed by atoms with E-state index in [1.807, 2.05) is 5.38 Å². The molecular weight excluding hydrogens is 414 g/mol. The predicted octanol–water partition coefficient (Wildman–Crippen LogP) is 4.09. The van der Waals surface area contributed by atoms with Gasteiger partial charge in [0.1, 0.15) is 17.2 Å². The van der Waals surface area contributed by atoms with E-state index in [1.54, 1.807) is 43.6 Å². The van der Waals surface area contributed by atoms with Crippen LogP contribution in [0.5, 0.6) is 17.2 Å². The van der Waals surface area contributed by atoms with Gasteiger partial charge in [0.05, 0.1) is 36.7 Å². The molecule has 0 saturated heterocycles. The number of benzene rings is 1. The quantitative estimate of drug-likeness (QED) is 0.481. The number of anilines is 1. The number of fused-ring (bicyclic) bond motifs is 1. The molecule has 0 atom stereocenters. The van der Waals surface area contributed by atoms with Crippen molar-refractivity contribution < 1.29 is 19.0 Å². The largest absolute Gasteiger partial charge is 0.497 e. The molecule has 1 aromatic heterocycles. The second kappa shape index (κ2) is 7.94. The van der Waals surface area contributed by atoms with E-state index >= 15 is 0 Å². The van der Waals surface area contributed by atoms with Gasteiger partial charge >= 0.3 is 6.09 Å². The topological polar surface area (TPSA) is 91.7 Å². The van der Waals surface area contributed by atoms with Gasteiger partial charge in [-0.05, 0) is 24.3 Å². The molecule has 2 aromatic rings. The first-order chi connectivity index (χ1) is 14.1. The molecule has 4 rings (SSSR count). The van der Waals surface area contributed by atoms with Gasteiger partial charge in [-0.2, -0.15) is 0 Å². The molecule has 0 spiro atoms. The summed E-state index contributed by atoms with van der Waals surface area (Å²) in [6.07, 6.45) is 2.21. The van der Waals surface area contributed by atoms with Crippen LogP contribution in [0.3, 0.4) is 0 Å². The molecule has 0 radical (unpaired) electrons. The molecule has 0 aliphatic carbocycles. The van der Waals surface area contributed by atoms with E-state index < -0.39 is 6.09 Å². The summed E-state index contributed by atoms with van der Waals surface area (Å²) >= 11 is 0. The number of pyridine rings is 1. The van der Waals surface area contributed by atoms with Crippen LogP contribution < -0.4 is 25.1 Å². The van der Waals surface area contributed by atoms with Crippen LogP contribution in [0.4, 0.5) is 10.5 Å². The Labute approximate surface area is 172 Å². The van der Waals surface area contributed by atoms with Crippen molar-refractivity contribution in [2.24, 2.45) is 0 Å². The Balaban J connectivity index is 1.73. The Bertz CT molecular complexity index is 1180. The number of nitrogens with one attached hydrogen (secondary N) is 1. The fraction of sp³-hybridized carbons (Fsp3) is 0.105. The van der Waals surface area contributed by atoms with E-state index in [2.05, 4.69) is 10.3 Å². The van der Waals surface area contributed by atoms with Crippen molar-refractivity contribution in [3.8, 4) is 33.5 Å². The molecule has 1 N–H and O–H groups in total. The van der Waals surface area contributed by atoms with Crippen molar-refractivity contribution in [2.45, 2.75) is 0 Å². The summed E-state index contributed by atoms with van der Waals surface area (Å²) in [5.74, 6) is 1.35. The number of hydrogen-bond donors (Lipinski definition) is 1. The normalized spacial score (nSPS) is 10.7. The highest BCUT2D eigenvalue weighted by Gasteiger charge is 2.27. The fourth-order valence-corrected chi connectivity index (χ4v) is 5.02. The summed E-state index contributed by atoms with van der Waals surface area (Å²) in [7, 11) is 5.91. The lowest BCUT2D eigenvalue weighted by Crippen LogP contribution is -2.23. The minimum absolute atomic E-state index is 0.151. The molecule has 0 bridgehead atoms. The zero-order valence-corrected chi connectivity index (χ0v) is 17.0. The standard InChI is InChI=1S/C19H15N3O5S2/c1-25-11-5-6-13(15(8-11)26-2)22-14-10-28-29-17(14)16(18(22)23)21-19(24)27-12-4-3-7-20-9-12/h3-10H,1-2H3,(H,21,24). The predicted molar refractivity (Wildman–Crippen MR) is 111 cm³/mol. The second-order valence-corrected chi connectivity index (χ2v) is 7.85. The summed E-state index contributed by atoms with van der Waals surface area (Å²) in [6, 6.07) is 8.41. The first kappa shape index (κ1) is 19.0. The van der Waals surface area contributed by atoms with Gasteiger partial charge in [-0.25, -0.2) is 4.79 Å². The average Bonchev–Trinajstić information content (AvgIpc) is 3.30. The summed E-state index contributed by atoms with van der Waals surface area (Å²) < 4.78 is 17.4. The lowest BCUT2D eigenvalue weighted by Gasteiger charge is -2.11. The van der Waals surface area contributed by atoms with Gasteiger partial charge in [-0.15, -0.1) is 0 Å². The van der Waals surface area contributed by atoms with Crippen LogP contribution in [-0.4, -0.2) is 29.9 Å². The Kier molecular flexibility index (Phi) is 5.19. The lowest BCUT2D eigenvalue weighted by molar-refractivity contribution is 0.215. The van der Waals surface area contributed by atoms with Crippen LogP contribution in [0.2, 0.25) is 0 Å². The van der Waals surface area contributed by atoms with Gasteiger partial charge in [0.2, 0.25) is 0 Å². The molecule has 29 heavy (non-hydrogen) atoms.